The molecule has 0 saturated carbocycles. The molecule has 18 heavy (non-hydrogen) atoms. The minimum Gasteiger partial charge on any atom is -0.250 e. The van der Waals surface area contributed by atoms with Crippen molar-refractivity contribution in [3.8, 4) is 17.3 Å². The molecule has 2 rings (SSSR count). The summed E-state index contributed by atoms with van der Waals surface area (Å²) in [7, 11) is 1.58. The minimum absolute atomic E-state index is 0.236. The van der Waals surface area contributed by atoms with Gasteiger partial charge in [-0.15, -0.1) is 0 Å². The van der Waals surface area contributed by atoms with Gasteiger partial charge in [0, 0.05) is 25.0 Å². The Balaban J connectivity index is 2.35. The van der Waals surface area contributed by atoms with Gasteiger partial charge in [-0.25, -0.2) is 14.4 Å². The maximum atomic E-state index is 13.2. The van der Waals surface area contributed by atoms with Crippen LogP contribution >= 0.6 is 0 Å². The molecule has 0 aliphatic rings. The van der Waals surface area contributed by atoms with Crippen LogP contribution in [-0.2, 0) is 0 Å². The molecule has 0 aliphatic heterocycles. The number of nitriles is 1. The predicted octanol–water partition coefficient (Wildman–Crippen LogP) is 2.51. The summed E-state index contributed by atoms with van der Waals surface area (Å²) in [5.74, 6) is 0.0978. The zero-order chi connectivity index (χ0) is 13.1. The Morgan fingerprint density at radius 1 is 1.22 bits per heavy atom. The van der Waals surface area contributed by atoms with Crippen molar-refractivity contribution >= 4 is 5.95 Å². The van der Waals surface area contributed by atoms with Crippen LogP contribution in [0.25, 0.3) is 11.1 Å². The van der Waals surface area contributed by atoms with E-state index in [9.17, 15) is 4.39 Å². The summed E-state index contributed by atoms with van der Waals surface area (Å²) in [6.07, 6.45) is 5.14. The molecule has 4 nitrogen and oxygen atoms in total. The maximum absolute atomic E-state index is 13.2. The van der Waals surface area contributed by atoms with Gasteiger partial charge in [-0.1, -0.05) is 6.07 Å². The third kappa shape index (κ3) is 2.28. The number of aromatic nitrogens is 2. The molecule has 90 valence electrons. The fourth-order valence-electron chi connectivity index (χ4n) is 1.51. The second-order valence-electron chi connectivity index (χ2n) is 3.89. The van der Waals surface area contributed by atoms with Crippen molar-refractivity contribution in [1.29, 1.82) is 5.26 Å². The molecule has 0 fully saturated rings. The maximum Gasteiger partial charge on any atom is 0.238 e. The Hall–Kier alpha value is -2.48. The predicted molar refractivity (Wildman–Crippen MR) is 66.2 cm³/mol. The molecular formula is C13H11FN4. The van der Waals surface area contributed by atoms with E-state index in [1.807, 2.05) is 6.19 Å². The molecule has 0 bridgehead atoms. The van der Waals surface area contributed by atoms with Crippen LogP contribution < -0.4 is 4.90 Å². The van der Waals surface area contributed by atoms with E-state index in [0.717, 1.165) is 11.1 Å². The van der Waals surface area contributed by atoms with E-state index in [4.69, 9.17) is 5.26 Å². The standard InChI is InChI=1S/C13H11FN4/c1-9-5-10(3-4-12(9)14)11-6-16-13(17-7-11)18(2)8-15/h3-7H,1-2H3. The van der Waals surface area contributed by atoms with E-state index in [2.05, 4.69) is 9.97 Å². The lowest BCUT2D eigenvalue weighted by atomic mass is 10.1. The summed E-state index contributed by atoms with van der Waals surface area (Å²) in [5.41, 5.74) is 2.21. The van der Waals surface area contributed by atoms with Gasteiger partial charge in [0.05, 0.1) is 0 Å². The Morgan fingerprint density at radius 3 is 2.44 bits per heavy atom. The molecule has 0 spiro atoms. The van der Waals surface area contributed by atoms with Gasteiger partial charge in [0.25, 0.3) is 0 Å². The number of halogens is 1. The Bertz CT molecular complexity index is 601. The molecule has 0 atom stereocenters. The largest absolute Gasteiger partial charge is 0.250 e. The molecule has 0 unspecified atom stereocenters. The number of hydrogen-bond acceptors (Lipinski definition) is 4. The van der Waals surface area contributed by atoms with Crippen molar-refractivity contribution in [3.63, 3.8) is 0 Å². The van der Waals surface area contributed by atoms with Crippen LogP contribution in [0.5, 0.6) is 0 Å². The third-order valence-corrected chi connectivity index (χ3v) is 2.58. The van der Waals surface area contributed by atoms with Crippen molar-refractivity contribution in [3.05, 3.63) is 42.0 Å². The van der Waals surface area contributed by atoms with Gasteiger partial charge >= 0.3 is 0 Å². The van der Waals surface area contributed by atoms with E-state index < -0.39 is 0 Å². The van der Waals surface area contributed by atoms with Crippen LogP contribution in [0.15, 0.2) is 30.6 Å². The van der Waals surface area contributed by atoms with E-state index >= 15 is 0 Å². The first-order valence-corrected chi connectivity index (χ1v) is 5.34. The van der Waals surface area contributed by atoms with Gasteiger partial charge in [-0.3, -0.25) is 4.90 Å². The first-order chi connectivity index (χ1) is 8.61. The van der Waals surface area contributed by atoms with E-state index in [-0.39, 0.29) is 5.82 Å². The molecule has 5 heteroatoms. The van der Waals surface area contributed by atoms with Gasteiger partial charge in [0.1, 0.15) is 5.82 Å². The zero-order valence-electron chi connectivity index (χ0n) is 10.1. The van der Waals surface area contributed by atoms with Crippen LogP contribution in [0.2, 0.25) is 0 Å². The minimum atomic E-state index is -0.236. The molecule has 0 saturated heterocycles. The number of hydrogen-bond donors (Lipinski definition) is 0. The van der Waals surface area contributed by atoms with Crippen molar-refractivity contribution in [2.45, 2.75) is 6.92 Å². The molecule has 1 aromatic carbocycles. The Morgan fingerprint density at radius 2 is 1.89 bits per heavy atom. The van der Waals surface area contributed by atoms with Crippen molar-refractivity contribution in [2.24, 2.45) is 0 Å². The number of benzene rings is 1. The third-order valence-electron chi connectivity index (χ3n) is 2.58. The van der Waals surface area contributed by atoms with Gasteiger partial charge in [0.2, 0.25) is 5.95 Å². The highest BCUT2D eigenvalue weighted by atomic mass is 19.1. The molecule has 0 aliphatic carbocycles. The first kappa shape index (κ1) is 12.0. The Labute approximate surface area is 104 Å². The zero-order valence-corrected chi connectivity index (χ0v) is 10.1. The second kappa shape index (κ2) is 4.80. The summed E-state index contributed by atoms with van der Waals surface area (Å²) in [6.45, 7) is 1.71. The SMILES string of the molecule is Cc1cc(-c2cnc(N(C)C#N)nc2)ccc1F. The van der Waals surface area contributed by atoms with Crippen molar-refractivity contribution < 1.29 is 4.39 Å². The highest BCUT2D eigenvalue weighted by Crippen LogP contribution is 2.21. The molecule has 0 radical (unpaired) electrons. The van der Waals surface area contributed by atoms with Crippen molar-refractivity contribution in [1.82, 2.24) is 9.97 Å². The smallest absolute Gasteiger partial charge is 0.238 e. The van der Waals surface area contributed by atoms with E-state index in [1.54, 1.807) is 38.5 Å². The highest BCUT2D eigenvalue weighted by Gasteiger charge is 2.05. The van der Waals surface area contributed by atoms with Gasteiger partial charge in [-0.2, -0.15) is 5.26 Å². The van der Waals surface area contributed by atoms with Gasteiger partial charge < -0.3 is 0 Å². The number of anilines is 1. The summed E-state index contributed by atoms with van der Waals surface area (Å²) in [4.78, 5) is 9.42. The lowest BCUT2D eigenvalue weighted by Gasteiger charge is -2.07. The van der Waals surface area contributed by atoms with Crippen LogP contribution in [0, 0.1) is 24.2 Å². The first-order valence-electron chi connectivity index (χ1n) is 5.34. The molecule has 1 heterocycles. The lowest BCUT2D eigenvalue weighted by Crippen LogP contribution is -2.11. The Kier molecular flexibility index (Phi) is 3.20. The topological polar surface area (TPSA) is 52.8 Å². The monoisotopic (exact) mass is 242 g/mol. The van der Waals surface area contributed by atoms with Gasteiger partial charge in [-0.05, 0) is 30.2 Å². The number of nitrogens with zero attached hydrogens (tertiary/aromatic N) is 4. The lowest BCUT2D eigenvalue weighted by molar-refractivity contribution is 0.619. The average molecular weight is 242 g/mol. The van der Waals surface area contributed by atoms with E-state index in [1.165, 1.54) is 11.0 Å². The van der Waals surface area contributed by atoms with Crippen LogP contribution in [0.4, 0.5) is 10.3 Å². The molecule has 0 N–H and O–H groups in total. The average Bonchev–Trinajstić information content (AvgIpc) is 2.41. The van der Waals surface area contributed by atoms with Crippen LogP contribution in [0.1, 0.15) is 5.56 Å². The van der Waals surface area contributed by atoms with Crippen LogP contribution in [0.3, 0.4) is 0 Å². The molecular weight excluding hydrogens is 231 g/mol. The molecule has 0 amide bonds. The molecule has 2 aromatic rings. The summed E-state index contributed by atoms with van der Waals surface area (Å²) in [5, 5.41) is 8.70. The highest BCUT2D eigenvalue weighted by molar-refractivity contribution is 5.63. The summed E-state index contributed by atoms with van der Waals surface area (Å²) >= 11 is 0. The summed E-state index contributed by atoms with van der Waals surface area (Å²) in [6, 6.07) is 4.83. The fraction of sp³-hybridized carbons (Fsp3) is 0.154. The summed E-state index contributed by atoms with van der Waals surface area (Å²) < 4.78 is 13.2. The fourth-order valence-corrected chi connectivity index (χ4v) is 1.51. The van der Waals surface area contributed by atoms with Gasteiger partial charge in [0.15, 0.2) is 6.19 Å². The van der Waals surface area contributed by atoms with E-state index in [0.29, 0.717) is 11.5 Å². The second-order valence-corrected chi connectivity index (χ2v) is 3.89. The number of rotatable bonds is 2. The van der Waals surface area contributed by atoms with Crippen LogP contribution in [-0.4, -0.2) is 17.0 Å². The number of aryl methyl sites for hydroxylation is 1. The van der Waals surface area contributed by atoms with Crippen molar-refractivity contribution in [2.75, 3.05) is 11.9 Å². The quantitative estimate of drug-likeness (QED) is 0.599. The molecule has 1 aromatic heterocycles. The normalized spacial score (nSPS) is 9.89.